The van der Waals surface area contributed by atoms with Gasteiger partial charge in [-0.15, -0.1) is 11.3 Å². The zero-order valence-electron chi connectivity index (χ0n) is 10.1. The van der Waals surface area contributed by atoms with Gasteiger partial charge in [-0.3, -0.25) is 9.59 Å². The second kappa shape index (κ2) is 3.87. The summed E-state index contributed by atoms with van der Waals surface area (Å²) in [7, 11) is 0. The second-order valence-electron chi connectivity index (χ2n) is 5.25. The molecule has 1 aromatic heterocycles. The molecular formula is C14H12N2O2S. The molecule has 4 atom stereocenters. The first kappa shape index (κ1) is 11.1. The van der Waals surface area contributed by atoms with Crippen LogP contribution >= 0.6 is 11.3 Å². The van der Waals surface area contributed by atoms with Gasteiger partial charge in [0.05, 0.1) is 18.1 Å². The van der Waals surface area contributed by atoms with Gasteiger partial charge in [0.15, 0.2) is 0 Å². The van der Waals surface area contributed by atoms with Gasteiger partial charge in [-0.25, -0.2) is 0 Å². The highest BCUT2D eigenvalue weighted by molar-refractivity contribution is 7.11. The number of thiophene rings is 1. The quantitative estimate of drug-likeness (QED) is 0.469. The third kappa shape index (κ3) is 1.48. The van der Waals surface area contributed by atoms with Crippen LogP contribution in [0.25, 0.3) is 0 Å². The third-order valence-electron chi connectivity index (χ3n) is 4.29. The highest BCUT2D eigenvalue weighted by atomic mass is 32.1. The molecule has 2 aliphatic carbocycles. The van der Waals surface area contributed by atoms with Crippen molar-refractivity contribution in [3.05, 3.63) is 34.5 Å². The Hall–Kier alpha value is -1.75. The molecule has 1 aliphatic heterocycles. The van der Waals surface area contributed by atoms with Gasteiger partial charge in [-0.2, -0.15) is 10.1 Å². The monoisotopic (exact) mass is 272 g/mol. The maximum Gasteiger partial charge on any atom is 0.254 e. The number of hydrogen-bond acceptors (Lipinski definition) is 4. The summed E-state index contributed by atoms with van der Waals surface area (Å²) in [4.78, 5) is 25.6. The van der Waals surface area contributed by atoms with E-state index in [4.69, 9.17) is 0 Å². The molecule has 5 heteroatoms. The Bertz CT molecular complexity index is 575. The smallest absolute Gasteiger partial charge is 0.254 e. The molecule has 1 saturated heterocycles. The van der Waals surface area contributed by atoms with Gasteiger partial charge in [-0.05, 0) is 29.7 Å². The van der Waals surface area contributed by atoms with Crippen molar-refractivity contribution in [2.45, 2.75) is 6.42 Å². The third-order valence-corrected chi connectivity index (χ3v) is 5.10. The molecule has 0 radical (unpaired) electrons. The van der Waals surface area contributed by atoms with Crippen LogP contribution in [0.2, 0.25) is 0 Å². The topological polar surface area (TPSA) is 49.7 Å². The minimum atomic E-state index is -0.164. The van der Waals surface area contributed by atoms with E-state index in [2.05, 4.69) is 17.3 Å². The van der Waals surface area contributed by atoms with Gasteiger partial charge in [0.2, 0.25) is 0 Å². The normalized spacial score (nSPS) is 35.9. The largest absolute Gasteiger partial charge is 0.272 e. The summed E-state index contributed by atoms with van der Waals surface area (Å²) in [5.41, 5.74) is 0. The average molecular weight is 272 g/mol. The SMILES string of the molecule is O=C1[C@@H]2[C@H](C(=O)N1/N=C\c1cccs1)[C@H]1C=C[C@H]2C1. The lowest BCUT2D eigenvalue weighted by atomic mass is 9.85. The van der Waals surface area contributed by atoms with Gasteiger partial charge in [0.1, 0.15) is 0 Å². The van der Waals surface area contributed by atoms with Gasteiger partial charge < -0.3 is 0 Å². The Kier molecular flexibility index (Phi) is 2.26. The lowest BCUT2D eigenvalue weighted by Gasteiger charge is -2.13. The molecule has 2 bridgehead atoms. The molecule has 4 rings (SSSR count). The van der Waals surface area contributed by atoms with E-state index in [1.807, 2.05) is 17.5 Å². The van der Waals surface area contributed by atoms with Gasteiger partial charge in [0, 0.05) is 4.88 Å². The molecule has 96 valence electrons. The fourth-order valence-corrected chi connectivity index (χ4v) is 4.06. The lowest BCUT2D eigenvalue weighted by molar-refractivity contribution is -0.140. The molecule has 3 aliphatic rings. The van der Waals surface area contributed by atoms with Crippen LogP contribution in [0.1, 0.15) is 11.3 Å². The summed E-state index contributed by atoms with van der Waals surface area (Å²) in [5.74, 6) is -0.0907. The van der Waals surface area contributed by atoms with Crippen molar-refractivity contribution < 1.29 is 9.59 Å². The van der Waals surface area contributed by atoms with E-state index in [0.717, 1.165) is 16.3 Å². The number of allylic oxidation sites excluding steroid dienone is 2. The summed E-state index contributed by atoms with van der Waals surface area (Å²) in [6.07, 6.45) is 6.72. The van der Waals surface area contributed by atoms with Crippen LogP contribution in [-0.2, 0) is 9.59 Å². The lowest BCUT2D eigenvalue weighted by Crippen LogP contribution is -2.28. The Morgan fingerprint density at radius 3 is 2.47 bits per heavy atom. The molecule has 1 saturated carbocycles. The van der Waals surface area contributed by atoms with Gasteiger partial charge in [0.25, 0.3) is 11.8 Å². The molecule has 2 heterocycles. The van der Waals surface area contributed by atoms with Crippen molar-refractivity contribution >= 4 is 29.4 Å². The molecular weight excluding hydrogens is 260 g/mol. The molecule has 0 N–H and O–H groups in total. The van der Waals surface area contributed by atoms with Crippen molar-refractivity contribution in [1.29, 1.82) is 0 Å². The predicted octanol–water partition coefficient (Wildman–Crippen LogP) is 1.89. The highest BCUT2D eigenvalue weighted by Crippen LogP contribution is 2.52. The zero-order valence-corrected chi connectivity index (χ0v) is 10.9. The van der Waals surface area contributed by atoms with Crippen molar-refractivity contribution in [2.75, 3.05) is 0 Å². The van der Waals surface area contributed by atoms with Gasteiger partial charge >= 0.3 is 0 Å². The predicted molar refractivity (Wildman–Crippen MR) is 71.5 cm³/mol. The van der Waals surface area contributed by atoms with Gasteiger partial charge in [-0.1, -0.05) is 18.2 Å². The van der Waals surface area contributed by atoms with Crippen LogP contribution in [0.5, 0.6) is 0 Å². The number of amides is 2. The van der Waals surface area contributed by atoms with Crippen LogP contribution < -0.4 is 0 Å². The maximum absolute atomic E-state index is 12.3. The van der Waals surface area contributed by atoms with E-state index in [1.54, 1.807) is 6.21 Å². The minimum Gasteiger partial charge on any atom is -0.272 e. The van der Waals surface area contributed by atoms with E-state index in [1.165, 1.54) is 11.3 Å². The summed E-state index contributed by atoms with van der Waals surface area (Å²) < 4.78 is 0. The van der Waals surface area contributed by atoms with Crippen molar-refractivity contribution in [3.63, 3.8) is 0 Å². The Morgan fingerprint density at radius 1 is 1.21 bits per heavy atom. The fraction of sp³-hybridized carbons (Fsp3) is 0.357. The number of hydrogen-bond donors (Lipinski definition) is 0. The Morgan fingerprint density at radius 2 is 1.89 bits per heavy atom. The Labute approximate surface area is 114 Å². The molecule has 4 nitrogen and oxygen atoms in total. The van der Waals surface area contributed by atoms with Crippen molar-refractivity contribution in [3.8, 4) is 0 Å². The molecule has 0 spiro atoms. The van der Waals surface area contributed by atoms with E-state index in [0.29, 0.717) is 0 Å². The van der Waals surface area contributed by atoms with Crippen molar-refractivity contribution in [2.24, 2.45) is 28.8 Å². The standard InChI is InChI=1S/C14H12N2O2S/c17-13-11-8-3-4-9(6-8)12(11)14(18)16(13)15-7-10-2-1-5-19-10/h1-5,7-9,11-12H,6H2/b15-7-/t8-,9-,11-,12+/m0/s1. The number of carbonyl (C=O) groups is 2. The second-order valence-corrected chi connectivity index (χ2v) is 6.23. The van der Waals surface area contributed by atoms with Crippen LogP contribution in [0.15, 0.2) is 34.8 Å². The van der Waals surface area contributed by atoms with Crippen LogP contribution in [-0.4, -0.2) is 23.0 Å². The van der Waals surface area contributed by atoms with Crippen LogP contribution in [0.4, 0.5) is 0 Å². The first-order valence-electron chi connectivity index (χ1n) is 6.39. The number of nitrogens with zero attached hydrogens (tertiary/aromatic N) is 2. The summed E-state index contributed by atoms with van der Waals surface area (Å²) in [6, 6.07) is 3.82. The molecule has 2 amide bonds. The number of fused-ring (bicyclic) bond motifs is 5. The summed E-state index contributed by atoms with van der Waals surface area (Å²) in [5, 5.41) is 7.12. The molecule has 0 aromatic carbocycles. The Balaban J connectivity index is 1.62. The van der Waals surface area contributed by atoms with Crippen molar-refractivity contribution in [1.82, 2.24) is 5.01 Å². The summed E-state index contributed by atoms with van der Waals surface area (Å²) in [6.45, 7) is 0. The van der Waals surface area contributed by atoms with Crippen LogP contribution in [0, 0.1) is 23.7 Å². The molecule has 2 fully saturated rings. The number of hydrazone groups is 1. The first-order valence-corrected chi connectivity index (χ1v) is 7.27. The van der Waals surface area contributed by atoms with Crippen LogP contribution in [0.3, 0.4) is 0 Å². The summed E-state index contributed by atoms with van der Waals surface area (Å²) >= 11 is 1.53. The highest BCUT2D eigenvalue weighted by Gasteiger charge is 2.59. The molecule has 1 aromatic rings. The number of carbonyl (C=O) groups excluding carboxylic acids is 2. The number of imide groups is 1. The fourth-order valence-electron chi connectivity index (χ4n) is 3.48. The van der Waals surface area contributed by atoms with E-state index >= 15 is 0 Å². The average Bonchev–Trinajstić information content (AvgIpc) is 3.14. The van der Waals surface area contributed by atoms with E-state index in [9.17, 15) is 9.59 Å². The first-order chi connectivity index (χ1) is 9.25. The van der Waals surface area contributed by atoms with E-state index < -0.39 is 0 Å². The number of rotatable bonds is 2. The maximum atomic E-state index is 12.3. The molecule has 0 unspecified atom stereocenters. The zero-order chi connectivity index (χ0) is 13.0. The minimum absolute atomic E-state index is 0.125. The molecule has 19 heavy (non-hydrogen) atoms. The van der Waals surface area contributed by atoms with E-state index in [-0.39, 0.29) is 35.5 Å².